The maximum Gasteiger partial charge on any atom is 0.337 e. The molecule has 1 rings (SSSR count). The number of hydrogen-bond donors (Lipinski definition) is 2. The Morgan fingerprint density at radius 1 is 1.47 bits per heavy atom. The molecule has 0 aromatic heterocycles. The van der Waals surface area contributed by atoms with E-state index in [4.69, 9.17) is 21.8 Å². The van der Waals surface area contributed by atoms with Crippen molar-refractivity contribution in [2.45, 2.75) is 13.3 Å². The van der Waals surface area contributed by atoms with Crippen LogP contribution >= 0.6 is 11.6 Å². The van der Waals surface area contributed by atoms with Crippen LogP contribution < -0.4 is 4.90 Å². The average molecular weight is 258 g/mol. The Balaban J connectivity index is 3.05. The van der Waals surface area contributed by atoms with E-state index in [0.29, 0.717) is 30.2 Å². The van der Waals surface area contributed by atoms with E-state index in [1.54, 1.807) is 12.1 Å². The lowest BCUT2D eigenvalue weighted by atomic mass is 10.1. The summed E-state index contributed by atoms with van der Waals surface area (Å²) in [7, 11) is 0. The maximum atomic E-state index is 11.1. The number of benzene rings is 1. The Morgan fingerprint density at radius 3 is 2.71 bits per heavy atom. The summed E-state index contributed by atoms with van der Waals surface area (Å²) in [5.41, 5.74) is 0.829. The first-order valence-corrected chi connectivity index (χ1v) is 5.86. The summed E-state index contributed by atoms with van der Waals surface area (Å²) in [6.45, 7) is 3.33. The van der Waals surface area contributed by atoms with E-state index in [1.807, 2.05) is 11.8 Å². The monoisotopic (exact) mass is 257 g/mol. The summed E-state index contributed by atoms with van der Waals surface area (Å²) >= 11 is 5.79. The highest BCUT2D eigenvalue weighted by atomic mass is 35.5. The first kappa shape index (κ1) is 13.8. The van der Waals surface area contributed by atoms with E-state index in [1.165, 1.54) is 6.07 Å². The van der Waals surface area contributed by atoms with Crippen molar-refractivity contribution in [3.05, 3.63) is 28.8 Å². The summed E-state index contributed by atoms with van der Waals surface area (Å²) in [6, 6.07) is 4.82. The molecule has 1 aromatic rings. The number of nitrogens with zero attached hydrogens (tertiary/aromatic N) is 1. The number of hydrogen-bond acceptors (Lipinski definition) is 3. The third-order valence-electron chi connectivity index (χ3n) is 2.50. The molecular formula is C12H16ClNO3. The van der Waals surface area contributed by atoms with Gasteiger partial charge in [-0.25, -0.2) is 4.79 Å². The standard InChI is InChI=1S/C12H16ClNO3/c1-2-14(6-3-7-15)11-5-4-9(13)8-10(11)12(16)17/h4-5,8,15H,2-3,6-7H2,1H3,(H,16,17). The van der Waals surface area contributed by atoms with Gasteiger partial charge in [-0.2, -0.15) is 0 Å². The molecule has 0 heterocycles. The number of carboxylic acid groups (broad SMARTS) is 1. The Bertz CT molecular complexity index is 395. The molecule has 0 fully saturated rings. The van der Waals surface area contributed by atoms with Gasteiger partial charge in [0, 0.05) is 24.7 Å². The molecule has 5 heteroatoms. The summed E-state index contributed by atoms with van der Waals surface area (Å²) in [4.78, 5) is 13.0. The van der Waals surface area contributed by atoms with Gasteiger partial charge in [-0.05, 0) is 31.5 Å². The Kier molecular flexibility index (Phi) is 5.25. The van der Waals surface area contributed by atoms with Gasteiger partial charge in [0.1, 0.15) is 0 Å². The van der Waals surface area contributed by atoms with Gasteiger partial charge in [-0.15, -0.1) is 0 Å². The van der Waals surface area contributed by atoms with Crippen molar-refractivity contribution in [3.8, 4) is 0 Å². The molecule has 0 spiro atoms. The van der Waals surface area contributed by atoms with Crippen LogP contribution in [0, 0.1) is 0 Å². The second kappa shape index (κ2) is 6.47. The SMILES string of the molecule is CCN(CCCO)c1ccc(Cl)cc1C(=O)O. The van der Waals surface area contributed by atoms with Gasteiger partial charge in [0.25, 0.3) is 0 Å². The largest absolute Gasteiger partial charge is 0.478 e. The van der Waals surface area contributed by atoms with Crippen LogP contribution in [-0.2, 0) is 0 Å². The van der Waals surface area contributed by atoms with Crippen LogP contribution in [0.4, 0.5) is 5.69 Å². The molecule has 0 saturated carbocycles. The fraction of sp³-hybridized carbons (Fsp3) is 0.417. The summed E-state index contributed by atoms with van der Waals surface area (Å²) in [5, 5.41) is 18.3. The third-order valence-corrected chi connectivity index (χ3v) is 2.73. The van der Waals surface area contributed by atoms with Crippen LogP contribution in [0.25, 0.3) is 0 Å². The Morgan fingerprint density at radius 2 is 2.18 bits per heavy atom. The number of aliphatic hydroxyl groups is 1. The van der Waals surface area contributed by atoms with Crippen molar-refractivity contribution in [1.82, 2.24) is 0 Å². The Hall–Kier alpha value is -1.26. The number of halogens is 1. The zero-order valence-electron chi connectivity index (χ0n) is 9.69. The first-order chi connectivity index (χ1) is 8.10. The minimum atomic E-state index is -0.995. The first-order valence-electron chi connectivity index (χ1n) is 5.48. The number of aliphatic hydroxyl groups excluding tert-OH is 1. The van der Waals surface area contributed by atoms with Gasteiger partial charge in [0.2, 0.25) is 0 Å². The molecule has 0 aliphatic rings. The van der Waals surface area contributed by atoms with Crippen LogP contribution in [0.3, 0.4) is 0 Å². The van der Waals surface area contributed by atoms with Crippen molar-refractivity contribution in [1.29, 1.82) is 0 Å². The molecule has 0 radical (unpaired) electrons. The molecule has 0 unspecified atom stereocenters. The molecular weight excluding hydrogens is 242 g/mol. The number of rotatable bonds is 6. The summed E-state index contributed by atoms with van der Waals surface area (Å²) < 4.78 is 0. The quantitative estimate of drug-likeness (QED) is 0.821. The summed E-state index contributed by atoms with van der Waals surface area (Å²) in [5.74, 6) is -0.995. The van der Waals surface area contributed by atoms with Gasteiger partial charge in [-0.1, -0.05) is 11.6 Å². The fourth-order valence-electron chi connectivity index (χ4n) is 1.67. The number of anilines is 1. The molecule has 0 aliphatic heterocycles. The molecule has 0 amide bonds. The highest BCUT2D eigenvalue weighted by Crippen LogP contribution is 2.24. The molecule has 1 aromatic carbocycles. The molecule has 0 aliphatic carbocycles. The van der Waals surface area contributed by atoms with Crippen LogP contribution in [-0.4, -0.2) is 35.9 Å². The summed E-state index contributed by atoms with van der Waals surface area (Å²) in [6.07, 6.45) is 0.607. The zero-order valence-corrected chi connectivity index (χ0v) is 10.4. The van der Waals surface area contributed by atoms with Crippen molar-refractivity contribution in [2.24, 2.45) is 0 Å². The van der Waals surface area contributed by atoms with E-state index in [9.17, 15) is 4.79 Å². The van der Waals surface area contributed by atoms with Crippen LogP contribution in [0.5, 0.6) is 0 Å². The maximum absolute atomic E-state index is 11.1. The van der Waals surface area contributed by atoms with Gasteiger partial charge < -0.3 is 15.1 Å². The molecule has 94 valence electrons. The molecule has 4 nitrogen and oxygen atoms in total. The predicted molar refractivity (Wildman–Crippen MR) is 68.0 cm³/mol. The lowest BCUT2D eigenvalue weighted by Gasteiger charge is -2.24. The highest BCUT2D eigenvalue weighted by Gasteiger charge is 2.15. The lowest BCUT2D eigenvalue weighted by Crippen LogP contribution is -2.26. The third kappa shape index (κ3) is 3.61. The van der Waals surface area contributed by atoms with Crippen LogP contribution in [0.1, 0.15) is 23.7 Å². The van der Waals surface area contributed by atoms with Crippen LogP contribution in [0.2, 0.25) is 5.02 Å². The second-order valence-corrected chi connectivity index (χ2v) is 4.06. The average Bonchev–Trinajstić information content (AvgIpc) is 2.31. The van der Waals surface area contributed by atoms with Gasteiger partial charge in [0.15, 0.2) is 0 Å². The minimum absolute atomic E-state index is 0.0898. The van der Waals surface area contributed by atoms with Crippen molar-refractivity contribution in [2.75, 3.05) is 24.6 Å². The Labute approximate surface area is 105 Å². The normalized spacial score (nSPS) is 10.3. The van der Waals surface area contributed by atoms with Crippen molar-refractivity contribution >= 4 is 23.3 Å². The minimum Gasteiger partial charge on any atom is -0.478 e. The second-order valence-electron chi connectivity index (χ2n) is 3.62. The van der Waals surface area contributed by atoms with Gasteiger partial charge in [0.05, 0.1) is 11.3 Å². The zero-order chi connectivity index (χ0) is 12.8. The van der Waals surface area contributed by atoms with Crippen LogP contribution in [0.15, 0.2) is 18.2 Å². The fourth-order valence-corrected chi connectivity index (χ4v) is 1.84. The van der Waals surface area contributed by atoms with E-state index >= 15 is 0 Å². The smallest absolute Gasteiger partial charge is 0.337 e. The van der Waals surface area contributed by atoms with E-state index in [2.05, 4.69) is 0 Å². The molecule has 0 bridgehead atoms. The van der Waals surface area contributed by atoms with E-state index < -0.39 is 5.97 Å². The lowest BCUT2D eigenvalue weighted by molar-refractivity contribution is 0.0697. The predicted octanol–water partition coefficient (Wildman–Crippen LogP) is 2.25. The molecule has 0 atom stereocenters. The van der Waals surface area contributed by atoms with Crippen molar-refractivity contribution in [3.63, 3.8) is 0 Å². The number of aromatic carboxylic acids is 1. The van der Waals surface area contributed by atoms with Crippen molar-refractivity contribution < 1.29 is 15.0 Å². The topological polar surface area (TPSA) is 60.8 Å². The number of carbonyl (C=O) groups is 1. The molecule has 0 saturated heterocycles. The molecule has 2 N–H and O–H groups in total. The number of carboxylic acids is 1. The van der Waals surface area contributed by atoms with Gasteiger partial charge in [-0.3, -0.25) is 0 Å². The van der Waals surface area contributed by atoms with E-state index in [-0.39, 0.29) is 12.2 Å². The van der Waals surface area contributed by atoms with Gasteiger partial charge >= 0.3 is 5.97 Å². The highest BCUT2D eigenvalue weighted by molar-refractivity contribution is 6.31. The molecule has 17 heavy (non-hydrogen) atoms. The van der Waals surface area contributed by atoms with E-state index in [0.717, 1.165) is 0 Å².